The third kappa shape index (κ3) is 2.26. The van der Waals surface area contributed by atoms with E-state index in [9.17, 15) is 10.1 Å². The Morgan fingerprint density at radius 1 is 1.09 bits per heavy atom. The summed E-state index contributed by atoms with van der Waals surface area (Å²) in [6.07, 6.45) is 0.508. The Morgan fingerprint density at radius 3 is 2.26 bits per heavy atom. The molecule has 1 aliphatic heterocycles. The highest BCUT2D eigenvalue weighted by Gasteiger charge is 2.54. The van der Waals surface area contributed by atoms with Crippen LogP contribution in [0.4, 0.5) is 0 Å². The molecule has 1 heterocycles. The zero-order chi connectivity index (χ0) is 16.6. The summed E-state index contributed by atoms with van der Waals surface area (Å²) in [5.41, 5.74) is 2.28. The van der Waals surface area contributed by atoms with Gasteiger partial charge in [-0.15, -0.1) is 0 Å². The lowest BCUT2D eigenvalue weighted by atomic mass is 10.00. The van der Waals surface area contributed by atoms with Gasteiger partial charge in [0.15, 0.2) is 0 Å². The molecule has 0 aromatic heterocycles. The number of nitrogens with zero attached hydrogens (tertiary/aromatic N) is 2. The van der Waals surface area contributed by atoms with Gasteiger partial charge in [0, 0.05) is 17.4 Å². The fraction of sp³-hybridized carbons (Fsp3) is 0.263. The van der Waals surface area contributed by atoms with E-state index in [4.69, 9.17) is 0 Å². The Kier molecular flexibility index (Phi) is 3.78. The quantitative estimate of drug-likeness (QED) is 0.782. The SMILES string of the molecule is CCC1=C(c2ccccc2)[N+](=O)C(C)(c2ccc(C)cc2)N1[O-]. The summed E-state index contributed by atoms with van der Waals surface area (Å²) in [7, 11) is 0. The van der Waals surface area contributed by atoms with Crippen molar-refractivity contribution in [1.82, 2.24) is 5.06 Å². The molecule has 0 saturated heterocycles. The van der Waals surface area contributed by atoms with Gasteiger partial charge in [-0.3, -0.25) is 0 Å². The fourth-order valence-corrected chi connectivity index (χ4v) is 3.07. The molecular weight excluding hydrogens is 288 g/mol. The van der Waals surface area contributed by atoms with E-state index in [2.05, 4.69) is 0 Å². The van der Waals surface area contributed by atoms with Gasteiger partial charge in [0.05, 0.1) is 16.0 Å². The third-order valence-electron chi connectivity index (χ3n) is 4.49. The molecule has 0 spiro atoms. The molecule has 0 radical (unpaired) electrons. The van der Waals surface area contributed by atoms with E-state index in [1.165, 1.54) is 0 Å². The van der Waals surface area contributed by atoms with Crippen molar-refractivity contribution in [3.63, 3.8) is 0 Å². The van der Waals surface area contributed by atoms with Crippen LogP contribution in [0, 0.1) is 17.0 Å². The van der Waals surface area contributed by atoms with Crippen molar-refractivity contribution >= 4 is 5.70 Å². The molecule has 1 unspecified atom stereocenters. The lowest BCUT2D eigenvalue weighted by Gasteiger charge is -2.35. The Hall–Kier alpha value is -2.46. The number of hydroxylamine groups is 2. The average molecular weight is 308 g/mol. The van der Waals surface area contributed by atoms with Gasteiger partial charge in [-0.2, -0.15) is 0 Å². The van der Waals surface area contributed by atoms with E-state index in [0.29, 0.717) is 23.4 Å². The maximum absolute atomic E-state index is 13.1. The second kappa shape index (κ2) is 5.63. The minimum atomic E-state index is -1.27. The molecule has 0 bridgehead atoms. The minimum absolute atomic E-state index is 0.464. The van der Waals surface area contributed by atoms with Crippen molar-refractivity contribution in [2.75, 3.05) is 0 Å². The van der Waals surface area contributed by atoms with Gasteiger partial charge in [0.2, 0.25) is 0 Å². The molecule has 23 heavy (non-hydrogen) atoms. The Morgan fingerprint density at radius 2 is 1.70 bits per heavy atom. The van der Waals surface area contributed by atoms with E-state index in [-0.39, 0.29) is 0 Å². The van der Waals surface area contributed by atoms with Gasteiger partial charge in [-0.05, 0) is 37.6 Å². The number of nitroso groups, excluding NO2 is 1. The third-order valence-corrected chi connectivity index (χ3v) is 4.49. The van der Waals surface area contributed by atoms with Crippen LogP contribution in [-0.2, 0) is 5.66 Å². The molecule has 118 valence electrons. The summed E-state index contributed by atoms with van der Waals surface area (Å²) in [6, 6.07) is 16.9. The largest absolute Gasteiger partial charge is 0.753 e. The molecule has 2 aromatic rings. The predicted molar refractivity (Wildman–Crippen MR) is 91.0 cm³/mol. The van der Waals surface area contributed by atoms with Crippen molar-refractivity contribution < 1.29 is 4.76 Å². The molecule has 1 atom stereocenters. The number of rotatable bonds is 3. The fourth-order valence-electron chi connectivity index (χ4n) is 3.07. The Labute approximate surface area is 136 Å². The first kappa shape index (κ1) is 15.4. The van der Waals surface area contributed by atoms with Crippen molar-refractivity contribution in [2.45, 2.75) is 32.9 Å². The van der Waals surface area contributed by atoms with Gasteiger partial charge < -0.3 is 10.3 Å². The number of benzene rings is 2. The minimum Gasteiger partial charge on any atom is -0.753 e. The summed E-state index contributed by atoms with van der Waals surface area (Å²) in [4.78, 5) is 13.1. The van der Waals surface area contributed by atoms with E-state index in [0.717, 1.165) is 21.0 Å². The maximum Gasteiger partial charge on any atom is 0.306 e. The first-order chi connectivity index (χ1) is 11.0. The molecule has 2 aromatic carbocycles. The predicted octanol–water partition coefficient (Wildman–Crippen LogP) is 4.54. The average Bonchev–Trinajstić information content (AvgIpc) is 2.77. The van der Waals surface area contributed by atoms with E-state index >= 15 is 0 Å². The maximum atomic E-state index is 13.1. The normalized spacial score (nSPS) is 21.2. The van der Waals surface area contributed by atoms with Gasteiger partial charge in [-0.25, -0.2) is 0 Å². The molecule has 4 heteroatoms. The van der Waals surface area contributed by atoms with Gasteiger partial charge in [0.25, 0.3) is 5.70 Å². The molecule has 0 N–H and O–H groups in total. The number of hydrogen-bond donors (Lipinski definition) is 0. The van der Waals surface area contributed by atoms with Crippen LogP contribution in [0.5, 0.6) is 0 Å². The van der Waals surface area contributed by atoms with Crippen molar-refractivity contribution in [3.8, 4) is 0 Å². The van der Waals surface area contributed by atoms with Crippen LogP contribution in [0.1, 0.15) is 37.0 Å². The molecule has 4 nitrogen and oxygen atoms in total. The second-order valence-electron chi connectivity index (χ2n) is 5.99. The van der Waals surface area contributed by atoms with Crippen LogP contribution in [0.25, 0.3) is 5.70 Å². The summed E-state index contributed by atoms with van der Waals surface area (Å²) in [5.74, 6) is 0. The van der Waals surface area contributed by atoms with Gasteiger partial charge in [0.1, 0.15) is 0 Å². The molecule has 0 saturated carbocycles. The van der Waals surface area contributed by atoms with Crippen molar-refractivity contribution in [1.29, 1.82) is 0 Å². The lowest BCUT2D eigenvalue weighted by Crippen LogP contribution is -2.41. The van der Waals surface area contributed by atoms with Crippen LogP contribution in [0.3, 0.4) is 0 Å². The highest BCUT2D eigenvalue weighted by molar-refractivity contribution is 5.64. The Bertz CT molecular complexity index is 766. The highest BCUT2D eigenvalue weighted by atomic mass is 16.5. The number of allylic oxidation sites excluding steroid dienone is 1. The van der Waals surface area contributed by atoms with Gasteiger partial charge in [-0.1, -0.05) is 42.8 Å². The number of aryl methyl sites for hydroxylation is 1. The lowest BCUT2D eigenvalue weighted by molar-refractivity contribution is -0.565. The monoisotopic (exact) mass is 308 g/mol. The highest BCUT2D eigenvalue weighted by Crippen LogP contribution is 2.45. The summed E-state index contributed by atoms with van der Waals surface area (Å²) in [6.45, 7) is 5.57. The van der Waals surface area contributed by atoms with E-state index in [1.54, 1.807) is 6.92 Å². The van der Waals surface area contributed by atoms with E-state index in [1.807, 2.05) is 68.4 Å². The first-order valence-electron chi connectivity index (χ1n) is 7.80. The van der Waals surface area contributed by atoms with E-state index < -0.39 is 5.66 Å². The zero-order valence-electron chi connectivity index (χ0n) is 13.6. The molecular formula is C19H20N2O2. The number of hydrogen-bond acceptors (Lipinski definition) is 3. The zero-order valence-corrected chi connectivity index (χ0v) is 13.6. The van der Waals surface area contributed by atoms with Crippen molar-refractivity contribution in [2.24, 2.45) is 0 Å². The summed E-state index contributed by atoms with van der Waals surface area (Å²) in [5, 5.41) is 13.8. The standard InChI is InChI=1S/C19H20N2O2/c1-4-17-18(15-8-6-5-7-9-15)21(23)19(3,20(17)22)16-12-10-14(2)11-13-16/h5-13H,4H2,1-3H3. The van der Waals surface area contributed by atoms with Crippen LogP contribution < -0.4 is 0 Å². The summed E-state index contributed by atoms with van der Waals surface area (Å²) >= 11 is 0. The Balaban J connectivity index is 2.14. The van der Waals surface area contributed by atoms with Crippen LogP contribution in [0.15, 0.2) is 60.3 Å². The second-order valence-corrected chi connectivity index (χ2v) is 5.99. The topological polar surface area (TPSA) is 46.4 Å². The van der Waals surface area contributed by atoms with Crippen LogP contribution in [-0.4, -0.2) is 9.82 Å². The molecule has 0 aliphatic carbocycles. The van der Waals surface area contributed by atoms with Gasteiger partial charge >= 0.3 is 5.66 Å². The van der Waals surface area contributed by atoms with Crippen molar-refractivity contribution in [3.05, 3.63) is 87.1 Å². The molecule has 0 fully saturated rings. The van der Waals surface area contributed by atoms with Crippen LogP contribution in [0.2, 0.25) is 0 Å². The first-order valence-corrected chi connectivity index (χ1v) is 7.80. The summed E-state index contributed by atoms with van der Waals surface area (Å²) < 4.78 is 0.860. The van der Waals surface area contributed by atoms with Crippen LogP contribution >= 0.6 is 0 Å². The molecule has 3 rings (SSSR count). The molecule has 1 aliphatic rings. The smallest absolute Gasteiger partial charge is 0.306 e. The molecule has 0 amide bonds.